The zero-order valence-corrected chi connectivity index (χ0v) is 7.27. The Labute approximate surface area is 77.4 Å². The largest absolute Gasteiger partial charge is 0.388 e. The minimum Gasteiger partial charge on any atom is -0.388 e. The van der Waals surface area contributed by atoms with Gasteiger partial charge in [0.05, 0.1) is 17.7 Å². The molecule has 0 aromatic heterocycles. The molecule has 0 saturated carbocycles. The molecule has 1 aromatic rings. The minimum absolute atomic E-state index is 0.418. The van der Waals surface area contributed by atoms with Gasteiger partial charge in [0, 0.05) is 0 Å². The second-order valence-corrected chi connectivity index (χ2v) is 2.79. The van der Waals surface area contributed by atoms with Gasteiger partial charge >= 0.3 is 0 Å². The van der Waals surface area contributed by atoms with Crippen LogP contribution in [0.15, 0.2) is 24.3 Å². The van der Waals surface area contributed by atoms with Crippen LogP contribution in [0.4, 0.5) is 0 Å². The minimum atomic E-state index is -0.624. The summed E-state index contributed by atoms with van der Waals surface area (Å²) < 4.78 is 0. The molecular formula is C10H12N2O. The molecule has 0 bridgehead atoms. The number of nitrogens with zero attached hydrogens (tertiary/aromatic N) is 1. The van der Waals surface area contributed by atoms with Gasteiger partial charge in [0.15, 0.2) is 0 Å². The average molecular weight is 176 g/mol. The molecule has 1 atom stereocenters. The summed E-state index contributed by atoms with van der Waals surface area (Å²) in [5.74, 6) is 0. The number of nitrogens with two attached hydrogens (primary N) is 1. The highest BCUT2D eigenvalue weighted by atomic mass is 16.3. The second kappa shape index (κ2) is 4.61. The molecule has 1 rings (SSSR count). The Morgan fingerprint density at radius 2 is 2.15 bits per heavy atom. The topological polar surface area (TPSA) is 70.0 Å². The lowest BCUT2D eigenvalue weighted by molar-refractivity contribution is 0.170. The standard InChI is InChI=1S/C10H12N2O/c11-6-5-10(13)9-4-2-1-3-8(9)7-12/h1-4,10,13H,5-6,11H2. The van der Waals surface area contributed by atoms with E-state index in [1.165, 1.54) is 0 Å². The van der Waals surface area contributed by atoms with Crippen molar-refractivity contribution in [3.05, 3.63) is 35.4 Å². The van der Waals surface area contributed by atoms with E-state index in [0.717, 1.165) is 0 Å². The maximum atomic E-state index is 9.60. The van der Waals surface area contributed by atoms with Crippen LogP contribution in [0.3, 0.4) is 0 Å². The summed E-state index contributed by atoms with van der Waals surface area (Å²) >= 11 is 0. The first-order valence-corrected chi connectivity index (χ1v) is 4.16. The SMILES string of the molecule is N#Cc1ccccc1C(O)CCN. The Bertz CT molecular complexity index is 317. The van der Waals surface area contributed by atoms with Crippen LogP contribution < -0.4 is 5.73 Å². The third-order valence-electron chi connectivity index (χ3n) is 1.88. The number of rotatable bonds is 3. The van der Waals surface area contributed by atoms with Crippen molar-refractivity contribution >= 4 is 0 Å². The van der Waals surface area contributed by atoms with Gasteiger partial charge < -0.3 is 10.8 Å². The molecule has 0 heterocycles. The Balaban J connectivity index is 2.93. The highest BCUT2D eigenvalue weighted by Crippen LogP contribution is 2.19. The predicted molar refractivity (Wildman–Crippen MR) is 49.8 cm³/mol. The highest BCUT2D eigenvalue weighted by molar-refractivity contribution is 5.38. The van der Waals surface area contributed by atoms with Crippen molar-refractivity contribution in [2.75, 3.05) is 6.54 Å². The summed E-state index contributed by atoms with van der Waals surface area (Å²) in [5, 5.41) is 18.3. The summed E-state index contributed by atoms with van der Waals surface area (Å²) in [7, 11) is 0. The van der Waals surface area contributed by atoms with E-state index < -0.39 is 6.10 Å². The van der Waals surface area contributed by atoms with Gasteiger partial charge in [-0.15, -0.1) is 0 Å². The van der Waals surface area contributed by atoms with Crippen molar-refractivity contribution in [2.45, 2.75) is 12.5 Å². The number of aliphatic hydroxyl groups excluding tert-OH is 1. The van der Waals surface area contributed by atoms with Crippen LogP contribution in [0, 0.1) is 11.3 Å². The van der Waals surface area contributed by atoms with Crippen molar-refractivity contribution in [1.29, 1.82) is 5.26 Å². The Kier molecular flexibility index (Phi) is 3.44. The Hall–Kier alpha value is -1.37. The van der Waals surface area contributed by atoms with Gasteiger partial charge in [0.2, 0.25) is 0 Å². The molecule has 0 aliphatic rings. The van der Waals surface area contributed by atoms with Gasteiger partial charge in [-0.25, -0.2) is 0 Å². The first-order valence-electron chi connectivity index (χ1n) is 4.16. The van der Waals surface area contributed by atoms with E-state index in [4.69, 9.17) is 11.0 Å². The molecule has 0 amide bonds. The second-order valence-electron chi connectivity index (χ2n) is 2.79. The molecule has 0 radical (unpaired) electrons. The van der Waals surface area contributed by atoms with Crippen LogP contribution in [0.5, 0.6) is 0 Å². The molecule has 0 saturated heterocycles. The number of hydrogen-bond acceptors (Lipinski definition) is 3. The van der Waals surface area contributed by atoms with Gasteiger partial charge in [-0.3, -0.25) is 0 Å². The van der Waals surface area contributed by atoms with E-state index in [0.29, 0.717) is 24.1 Å². The van der Waals surface area contributed by atoms with Crippen LogP contribution in [-0.4, -0.2) is 11.7 Å². The van der Waals surface area contributed by atoms with E-state index in [1.54, 1.807) is 24.3 Å². The third kappa shape index (κ3) is 2.28. The lowest BCUT2D eigenvalue weighted by atomic mass is 10.0. The molecule has 1 unspecified atom stereocenters. The summed E-state index contributed by atoms with van der Waals surface area (Å²) in [5.41, 5.74) is 6.49. The van der Waals surface area contributed by atoms with Crippen molar-refractivity contribution in [1.82, 2.24) is 0 Å². The van der Waals surface area contributed by atoms with E-state index in [1.807, 2.05) is 6.07 Å². The molecule has 0 aliphatic carbocycles. The molecule has 3 nitrogen and oxygen atoms in total. The summed E-state index contributed by atoms with van der Waals surface area (Å²) in [4.78, 5) is 0. The number of nitriles is 1. The van der Waals surface area contributed by atoms with E-state index >= 15 is 0 Å². The normalized spacial score (nSPS) is 12.1. The molecule has 3 heteroatoms. The fraction of sp³-hybridized carbons (Fsp3) is 0.300. The fourth-order valence-electron chi connectivity index (χ4n) is 1.20. The summed E-state index contributed by atoms with van der Waals surface area (Å²) in [6.45, 7) is 0.418. The van der Waals surface area contributed by atoms with E-state index in [-0.39, 0.29) is 0 Å². The average Bonchev–Trinajstić information content (AvgIpc) is 2.18. The molecular weight excluding hydrogens is 164 g/mol. The van der Waals surface area contributed by atoms with E-state index in [9.17, 15) is 5.11 Å². The summed E-state index contributed by atoms with van der Waals surface area (Å²) in [6.07, 6.45) is -0.139. The third-order valence-corrected chi connectivity index (χ3v) is 1.88. The predicted octanol–water partition coefficient (Wildman–Crippen LogP) is 0.940. The number of benzene rings is 1. The molecule has 1 aromatic carbocycles. The lowest BCUT2D eigenvalue weighted by Gasteiger charge is -2.10. The monoisotopic (exact) mass is 176 g/mol. The van der Waals surface area contributed by atoms with Gasteiger partial charge in [0.1, 0.15) is 0 Å². The maximum Gasteiger partial charge on any atom is 0.0995 e. The summed E-state index contributed by atoms with van der Waals surface area (Å²) in [6, 6.07) is 9.05. The molecule has 13 heavy (non-hydrogen) atoms. The zero-order chi connectivity index (χ0) is 9.68. The molecule has 0 fully saturated rings. The highest BCUT2D eigenvalue weighted by Gasteiger charge is 2.09. The molecule has 68 valence electrons. The van der Waals surface area contributed by atoms with Gasteiger partial charge in [-0.1, -0.05) is 18.2 Å². The van der Waals surface area contributed by atoms with Crippen LogP contribution in [0.1, 0.15) is 23.7 Å². The van der Waals surface area contributed by atoms with Crippen LogP contribution in [-0.2, 0) is 0 Å². The maximum absolute atomic E-state index is 9.60. The van der Waals surface area contributed by atoms with Crippen molar-refractivity contribution in [2.24, 2.45) is 5.73 Å². The van der Waals surface area contributed by atoms with Crippen molar-refractivity contribution < 1.29 is 5.11 Å². The molecule has 3 N–H and O–H groups in total. The van der Waals surface area contributed by atoms with Crippen molar-refractivity contribution in [3.8, 4) is 6.07 Å². The Morgan fingerprint density at radius 3 is 2.77 bits per heavy atom. The van der Waals surface area contributed by atoms with Crippen LogP contribution >= 0.6 is 0 Å². The fourth-order valence-corrected chi connectivity index (χ4v) is 1.20. The number of hydrogen-bond donors (Lipinski definition) is 2. The molecule has 0 spiro atoms. The van der Waals surface area contributed by atoms with Crippen LogP contribution in [0.2, 0.25) is 0 Å². The molecule has 0 aliphatic heterocycles. The lowest BCUT2D eigenvalue weighted by Crippen LogP contribution is -2.07. The zero-order valence-electron chi connectivity index (χ0n) is 7.27. The smallest absolute Gasteiger partial charge is 0.0995 e. The van der Waals surface area contributed by atoms with Gasteiger partial charge in [-0.05, 0) is 24.6 Å². The quantitative estimate of drug-likeness (QED) is 0.720. The van der Waals surface area contributed by atoms with E-state index in [2.05, 4.69) is 0 Å². The van der Waals surface area contributed by atoms with Gasteiger partial charge in [-0.2, -0.15) is 5.26 Å². The van der Waals surface area contributed by atoms with Gasteiger partial charge in [0.25, 0.3) is 0 Å². The van der Waals surface area contributed by atoms with Crippen LogP contribution in [0.25, 0.3) is 0 Å². The number of aliphatic hydroxyl groups is 1. The first kappa shape index (κ1) is 9.72. The van der Waals surface area contributed by atoms with Crippen molar-refractivity contribution in [3.63, 3.8) is 0 Å². The first-order chi connectivity index (χ1) is 6.29. The Morgan fingerprint density at radius 1 is 1.46 bits per heavy atom.